The fourth-order valence-corrected chi connectivity index (χ4v) is 2.79. The monoisotopic (exact) mass is 224 g/mol. The van der Waals surface area contributed by atoms with Gasteiger partial charge in [0.1, 0.15) is 0 Å². The summed E-state index contributed by atoms with van der Waals surface area (Å²) in [6.07, 6.45) is 3.39. The molecule has 0 spiro atoms. The van der Waals surface area contributed by atoms with Gasteiger partial charge in [0.25, 0.3) is 5.91 Å². The first kappa shape index (κ1) is 10.6. The lowest BCUT2D eigenvalue weighted by Crippen LogP contribution is -2.39. The lowest BCUT2D eigenvalue weighted by atomic mass is 10.0. The number of amides is 1. The molecule has 0 radical (unpaired) electrons. The van der Waals surface area contributed by atoms with Gasteiger partial charge in [-0.25, -0.2) is 0 Å². The molecule has 1 heterocycles. The first-order valence-corrected chi connectivity index (χ1v) is 6.28. The van der Waals surface area contributed by atoms with Gasteiger partial charge in [0.05, 0.1) is 0 Å². The normalized spacial score (nSPS) is 25.4. The molecule has 1 amide bonds. The van der Waals surface area contributed by atoms with Crippen molar-refractivity contribution < 1.29 is 4.79 Å². The maximum Gasteiger partial charge on any atom is 0.252 e. The van der Waals surface area contributed by atoms with Crippen LogP contribution in [0.25, 0.3) is 0 Å². The van der Waals surface area contributed by atoms with Crippen molar-refractivity contribution in [2.24, 2.45) is 11.7 Å². The summed E-state index contributed by atoms with van der Waals surface area (Å²) in [7, 11) is 0. The Morgan fingerprint density at radius 2 is 2.47 bits per heavy atom. The van der Waals surface area contributed by atoms with Crippen molar-refractivity contribution in [2.45, 2.75) is 25.3 Å². The molecular weight excluding hydrogens is 208 g/mol. The van der Waals surface area contributed by atoms with Crippen LogP contribution in [-0.4, -0.2) is 18.5 Å². The number of thiophene rings is 1. The zero-order valence-corrected chi connectivity index (χ0v) is 9.43. The molecule has 4 heteroatoms. The van der Waals surface area contributed by atoms with Crippen molar-refractivity contribution >= 4 is 17.2 Å². The molecule has 0 bridgehead atoms. The Morgan fingerprint density at radius 3 is 3.13 bits per heavy atom. The van der Waals surface area contributed by atoms with Gasteiger partial charge >= 0.3 is 0 Å². The molecule has 3 N–H and O–H groups in total. The summed E-state index contributed by atoms with van der Waals surface area (Å²) in [6, 6.07) is 2.13. The average molecular weight is 224 g/mol. The van der Waals surface area contributed by atoms with Gasteiger partial charge in [-0.05, 0) is 36.8 Å². The summed E-state index contributed by atoms with van der Waals surface area (Å²) < 4.78 is 0. The second kappa shape index (κ2) is 4.77. The zero-order chi connectivity index (χ0) is 10.7. The van der Waals surface area contributed by atoms with Crippen molar-refractivity contribution in [1.82, 2.24) is 5.32 Å². The first-order chi connectivity index (χ1) is 7.31. The Labute approximate surface area is 93.7 Å². The van der Waals surface area contributed by atoms with Gasteiger partial charge in [-0.2, -0.15) is 11.3 Å². The van der Waals surface area contributed by atoms with E-state index in [-0.39, 0.29) is 11.9 Å². The van der Waals surface area contributed by atoms with Crippen LogP contribution in [0.3, 0.4) is 0 Å². The zero-order valence-electron chi connectivity index (χ0n) is 8.61. The highest BCUT2D eigenvalue weighted by atomic mass is 32.1. The minimum Gasteiger partial charge on any atom is -0.349 e. The number of nitrogens with two attached hydrogens (primary N) is 1. The summed E-state index contributed by atoms with van der Waals surface area (Å²) in [6.45, 7) is 0.675. The summed E-state index contributed by atoms with van der Waals surface area (Å²) in [5.74, 6) is 0.509. The van der Waals surface area contributed by atoms with Gasteiger partial charge < -0.3 is 11.1 Å². The molecule has 1 aromatic heterocycles. The van der Waals surface area contributed by atoms with Crippen LogP contribution >= 0.6 is 11.3 Å². The lowest BCUT2D eigenvalue weighted by molar-refractivity contribution is 0.0929. The summed E-state index contributed by atoms with van der Waals surface area (Å²) >= 11 is 1.55. The van der Waals surface area contributed by atoms with Crippen molar-refractivity contribution in [3.05, 3.63) is 22.4 Å². The van der Waals surface area contributed by atoms with Crippen LogP contribution in [0.15, 0.2) is 16.8 Å². The fraction of sp³-hybridized carbons (Fsp3) is 0.545. The van der Waals surface area contributed by atoms with Crippen LogP contribution in [0.4, 0.5) is 0 Å². The van der Waals surface area contributed by atoms with E-state index < -0.39 is 0 Å². The van der Waals surface area contributed by atoms with Gasteiger partial charge in [0.2, 0.25) is 0 Å². The molecule has 1 aliphatic rings. The molecule has 2 unspecified atom stereocenters. The molecule has 0 saturated heterocycles. The van der Waals surface area contributed by atoms with Crippen LogP contribution in [-0.2, 0) is 0 Å². The quantitative estimate of drug-likeness (QED) is 0.819. The van der Waals surface area contributed by atoms with Gasteiger partial charge in [-0.3, -0.25) is 4.79 Å². The molecule has 0 aliphatic heterocycles. The SMILES string of the molecule is NCC1CCCC1NC(=O)c1ccsc1. The Kier molecular flexibility index (Phi) is 3.38. The number of carbonyl (C=O) groups is 1. The third-order valence-electron chi connectivity index (χ3n) is 3.06. The van der Waals surface area contributed by atoms with Gasteiger partial charge in [-0.1, -0.05) is 6.42 Å². The summed E-state index contributed by atoms with van der Waals surface area (Å²) in [5, 5.41) is 6.87. The Balaban J connectivity index is 1.94. The Hall–Kier alpha value is -0.870. The fourth-order valence-electron chi connectivity index (χ4n) is 2.15. The minimum atomic E-state index is 0.0431. The molecule has 2 atom stereocenters. The third-order valence-corrected chi connectivity index (χ3v) is 3.74. The molecule has 1 aliphatic carbocycles. The third kappa shape index (κ3) is 2.38. The molecule has 1 saturated carbocycles. The van der Waals surface area contributed by atoms with E-state index in [9.17, 15) is 4.79 Å². The van der Waals surface area contributed by atoms with Crippen LogP contribution in [0.5, 0.6) is 0 Å². The van der Waals surface area contributed by atoms with E-state index >= 15 is 0 Å². The number of hydrogen-bond acceptors (Lipinski definition) is 3. The maximum atomic E-state index is 11.8. The van der Waals surface area contributed by atoms with E-state index in [1.807, 2.05) is 16.8 Å². The summed E-state index contributed by atoms with van der Waals surface area (Å²) in [4.78, 5) is 11.8. The van der Waals surface area contributed by atoms with Crippen LogP contribution in [0, 0.1) is 5.92 Å². The van der Waals surface area contributed by atoms with E-state index in [2.05, 4.69) is 5.32 Å². The van der Waals surface area contributed by atoms with Gasteiger partial charge in [-0.15, -0.1) is 0 Å². The van der Waals surface area contributed by atoms with Crippen molar-refractivity contribution in [2.75, 3.05) is 6.54 Å². The largest absolute Gasteiger partial charge is 0.349 e. The second-order valence-electron chi connectivity index (χ2n) is 4.02. The minimum absolute atomic E-state index is 0.0431. The van der Waals surface area contributed by atoms with E-state index in [4.69, 9.17) is 5.73 Å². The predicted molar refractivity (Wildman–Crippen MR) is 62.0 cm³/mol. The molecule has 15 heavy (non-hydrogen) atoms. The van der Waals surface area contributed by atoms with Crippen LogP contribution in [0.1, 0.15) is 29.6 Å². The number of rotatable bonds is 3. The van der Waals surface area contributed by atoms with Crippen molar-refractivity contribution in [3.8, 4) is 0 Å². The van der Waals surface area contributed by atoms with Crippen LogP contribution in [0.2, 0.25) is 0 Å². The molecule has 2 rings (SSSR count). The summed E-state index contributed by atoms with van der Waals surface area (Å²) in [5.41, 5.74) is 6.44. The molecular formula is C11H16N2OS. The molecule has 3 nitrogen and oxygen atoms in total. The van der Waals surface area contributed by atoms with E-state index in [1.165, 1.54) is 6.42 Å². The highest BCUT2D eigenvalue weighted by Crippen LogP contribution is 2.24. The highest BCUT2D eigenvalue weighted by Gasteiger charge is 2.27. The van der Waals surface area contributed by atoms with Crippen molar-refractivity contribution in [1.29, 1.82) is 0 Å². The van der Waals surface area contributed by atoms with Gasteiger partial charge in [0, 0.05) is 17.0 Å². The highest BCUT2D eigenvalue weighted by molar-refractivity contribution is 7.08. The maximum absolute atomic E-state index is 11.8. The van der Waals surface area contributed by atoms with Crippen LogP contribution < -0.4 is 11.1 Å². The van der Waals surface area contributed by atoms with Gasteiger partial charge in [0.15, 0.2) is 0 Å². The number of carbonyl (C=O) groups excluding carboxylic acids is 1. The standard InChI is InChI=1S/C11H16N2OS/c12-6-8-2-1-3-10(8)13-11(14)9-4-5-15-7-9/h4-5,7-8,10H,1-3,6,12H2,(H,13,14). The molecule has 0 aromatic carbocycles. The molecule has 1 aromatic rings. The molecule has 82 valence electrons. The first-order valence-electron chi connectivity index (χ1n) is 5.34. The van der Waals surface area contributed by atoms with E-state index in [0.29, 0.717) is 12.5 Å². The molecule has 1 fully saturated rings. The van der Waals surface area contributed by atoms with Crippen molar-refractivity contribution in [3.63, 3.8) is 0 Å². The predicted octanol–water partition coefficient (Wildman–Crippen LogP) is 1.61. The Bertz CT molecular complexity index is 323. The Morgan fingerprint density at radius 1 is 1.60 bits per heavy atom. The topological polar surface area (TPSA) is 55.1 Å². The number of hydrogen-bond donors (Lipinski definition) is 2. The van der Waals surface area contributed by atoms with E-state index in [1.54, 1.807) is 11.3 Å². The van der Waals surface area contributed by atoms with E-state index in [0.717, 1.165) is 18.4 Å². The smallest absolute Gasteiger partial charge is 0.252 e. The lowest BCUT2D eigenvalue weighted by Gasteiger charge is -2.18. The number of nitrogens with one attached hydrogen (secondary N) is 1. The average Bonchev–Trinajstić information content (AvgIpc) is 2.87. The second-order valence-corrected chi connectivity index (χ2v) is 4.80.